The van der Waals surface area contributed by atoms with E-state index in [-0.39, 0.29) is 5.91 Å². The average Bonchev–Trinajstić information content (AvgIpc) is 2.68. The van der Waals surface area contributed by atoms with Gasteiger partial charge in [0.25, 0.3) is 5.91 Å². The number of methoxy groups -OCH3 is 1. The number of hydrogen-bond donors (Lipinski definition) is 1. The van der Waals surface area contributed by atoms with Crippen molar-refractivity contribution in [2.45, 2.75) is 32.8 Å². The topological polar surface area (TPSA) is 73.9 Å². The van der Waals surface area contributed by atoms with Crippen LogP contribution >= 0.6 is 0 Å². The molecule has 0 saturated carbocycles. The predicted molar refractivity (Wildman–Crippen MR) is 103 cm³/mol. The molecule has 2 aromatic carbocycles. The Morgan fingerprint density at radius 1 is 1.07 bits per heavy atom. The number of carbonyl (C=O) groups is 2. The highest BCUT2D eigenvalue weighted by Crippen LogP contribution is 2.19. The van der Waals surface area contributed by atoms with Crippen molar-refractivity contribution in [3.63, 3.8) is 0 Å². The van der Waals surface area contributed by atoms with Gasteiger partial charge in [-0.2, -0.15) is 0 Å². The molecule has 1 N–H and O–H groups in total. The number of esters is 1. The molecule has 1 amide bonds. The van der Waals surface area contributed by atoms with Gasteiger partial charge in [0.15, 0.2) is 6.10 Å². The summed E-state index contributed by atoms with van der Waals surface area (Å²) >= 11 is 0. The fourth-order valence-electron chi connectivity index (χ4n) is 2.27. The molecule has 2 rings (SSSR count). The van der Waals surface area contributed by atoms with E-state index in [1.807, 2.05) is 6.92 Å². The van der Waals surface area contributed by atoms with Gasteiger partial charge in [-0.05, 0) is 55.8 Å². The smallest absolute Gasteiger partial charge is 0.338 e. The van der Waals surface area contributed by atoms with Crippen LogP contribution in [0.1, 0.15) is 37.0 Å². The van der Waals surface area contributed by atoms with E-state index in [1.165, 1.54) is 0 Å². The van der Waals surface area contributed by atoms with Crippen LogP contribution in [0.5, 0.6) is 11.5 Å². The number of rotatable bonds is 9. The van der Waals surface area contributed by atoms with E-state index in [1.54, 1.807) is 62.6 Å². The molecule has 6 nitrogen and oxygen atoms in total. The second kappa shape index (κ2) is 10.2. The van der Waals surface area contributed by atoms with Crippen LogP contribution in [0.3, 0.4) is 0 Å². The maximum absolute atomic E-state index is 12.4. The first-order valence-corrected chi connectivity index (χ1v) is 8.92. The van der Waals surface area contributed by atoms with Gasteiger partial charge in [0.1, 0.15) is 11.5 Å². The number of hydrogen-bond acceptors (Lipinski definition) is 5. The van der Waals surface area contributed by atoms with E-state index in [0.29, 0.717) is 29.4 Å². The van der Waals surface area contributed by atoms with Gasteiger partial charge < -0.3 is 19.5 Å². The fourth-order valence-corrected chi connectivity index (χ4v) is 2.27. The zero-order valence-corrected chi connectivity index (χ0v) is 15.9. The Morgan fingerprint density at radius 3 is 2.44 bits per heavy atom. The van der Waals surface area contributed by atoms with Crippen molar-refractivity contribution in [3.05, 3.63) is 54.1 Å². The lowest BCUT2D eigenvalue weighted by molar-refractivity contribution is -0.122. The number of ether oxygens (including phenoxy) is 3. The maximum atomic E-state index is 12.4. The first kappa shape index (κ1) is 20.3. The molecule has 0 heterocycles. The lowest BCUT2D eigenvalue weighted by atomic mass is 10.2. The summed E-state index contributed by atoms with van der Waals surface area (Å²) in [4.78, 5) is 24.4. The molecule has 6 heteroatoms. The molecule has 0 spiro atoms. The molecule has 1 unspecified atom stereocenters. The second-order valence-electron chi connectivity index (χ2n) is 6.00. The summed E-state index contributed by atoms with van der Waals surface area (Å²) in [6.45, 7) is 4.07. The van der Waals surface area contributed by atoms with E-state index in [2.05, 4.69) is 5.32 Å². The molecule has 0 aliphatic rings. The zero-order chi connectivity index (χ0) is 19.6. The summed E-state index contributed by atoms with van der Waals surface area (Å²) in [5, 5.41) is 2.75. The molecule has 2 aromatic rings. The monoisotopic (exact) mass is 371 g/mol. The molecule has 0 radical (unpaired) electrons. The lowest BCUT2D eigenvalue weighted by Gasteiger charge is -2.15. The Balaban J connectivity index is 1.93. The van der Waals surface area contributed by atoms with Gasteiger partial charge >= 0.3 is 5.97 Å². The number of anilines is 1. The van der Waals surface area contributed by atoms with Crippen LogP contribution in [-0.2, 0) is 9.53 Å². The lowest BCUT2D eigenvalue weighted by Crippen LogP contribution is -2.30. The summed E-state index contributed by atoms with van der Waals surface area (Å²) in [6.07, 6.45) is 1.07. The second-order valence-corrected chi connectivity index (χ2v) is 6.00. The minimum atomic E-state index is -0.710. The fraction of sp³-hybridized carbons (Fsp3) is 0.333. The van der Waals surface area contributed by atoms with E-state index in [4.69, 9.17) is 14.2 Å². The Labute approximate surface area is 159 Å². The van der Waals surface area contributed by atoms with Gasteiger partial charge in [-0.3, -0.25) is 4.79 Å². The highest BCUT2D eigenvalue weighted by atomic mass is 16.5. The summed E-state index contributed by atoms with van der Waals surface area (Å²) in [7, 11) is 1.58. The van der Waals surface area contributed by atoms with Crippen LogP contribution in [0.2, 0.25) is 0 Å². The average molecular weight is 371 g/mol. The summed E-state index contributed by atoms with van der Waals surface area (Å²) in [5.41, 5.74) is 0.905. The third kappa shape index (κ3) is 6.33. The molecule has 0 aliphatic carbocycles. The third-order valence-corrected chi connectivity index (χ3v) is 3.84. The van der Waals surface area contributed by atoms with Crippen molar-refractivity contribution >= 4 is 17.6 Å². The standard InChI is InChI=1S/C21H25NO5/c1-4-5-13-26-21(24)16-7-6-8-17(14-16)22-20(23)15(2)27-19-11-9-18(25-3)10-12-19/h6-12,14-15H,4-5,13H2,1-3H3,(H,22,23). The molecular formula is C21H25NO5. The maximum Gasteiger partial charge on any atom is 0.338 e. The Morgan fingerprint density at radius 2 is 1.78 bits per heavy atom. The van der Waals surface area contributed by atoms with Crippen LogP contribution in [-0.4, -0.2) is 31.7 Å². The molecular weight excluding hydrogens is 346 g/mol. The normalized spacial score (nSPS) is 11.4. The minimum Gasteiger partial charge on any atom is -0.497 e. The van der Waals surface area contributed by atoms with E-state index in [0.717, 1.165) is 12.8 Å². The van der Waals surface area contributed by atoms with Crippen LogP contribution in [0, 0.1) is 0 Å². The van der Waals surface area contributed by atoms with Crippen molar-refractivity contribution in [1.82, 2.24) is 0 Å². The molecule has 0 saturated heterocycles. The van der Waals surface area contributed by atoms with Crippen LogP contribution < -0.4 is 14.8 Å². The highest BCUT2D eigenvalue weighted by molar-refractivity contribution is 5.96. The molecule has 0 fully saturated rings. The number of unbranched alkanes of at least 4 members (excludes halogenated alkanes) is 1. The van der Waals surface area contributed by atoms with Gasteiger partial charge in [0.2, 0.25) is 0 Å². The van der Waals surface area contributed by atoms with Gasteiger partial charge in [0, 0.05) is 5.69 Å². The molecule has 144 valence electrons. The third-order valence-electron chi connectivity index (χ3n) is 3.84. The van der Waals surface area contributed by atoms with Crippen molar-refractivity contribution in [1.29, 1.82) is 0 Å². The summed E-state index contributed by atoms with van der Waals surface area (Å²) in [5.74, 6) is 0.554. The molecule has 0 aliphatic heterocycles. The van der Waals surface area contributed by atoms with Crippen LogP contribution in [0.4, 0.5) is 5.69 Å². The van der Waals surface area contributed by atoms with E-state index >= 15 is 0 Å². The number of carbonyl (C=O) groups excluding carboxylic acids is 2. The largest absolute Gasteiger partial charge is 0.497 e. The summed E-state index contributed by atoms with van der Waals surface area (Å²) < 4.78 is 15.9. The number of amides is 1. The van der Waals surface area contributed by atoms with Crippen molar-refractivity contribution < 1.29 is 23.8 Å². The summed E-state index contributed by atoms with van der Waals surface area (Å²) in [6, 6.07) is 13.6. The molecule has 0 bridgehead atoms. The first-order chi connectivity index (χ1) is 13.0. The minimum absolute atomic E-state index is 0.317. The van der Waals surface area contributed by atoms with Crippen molar-refractivity contribution in [2.24, 2.45) is 0 Å². The Hall–Kier alpha value is -3.02. The van der Waals surface area contributed by atoms with Gasteiger partial charge in [-0.1, -0.05) is 19.4 Å². The number of benzene rings is 2. The van der Waals surface area contributed by atoms with Crippen LogP contribution in [0.25, 0.3) is 0 Å². The highest BCUT2D eigenvalue weighted by Gasteiger charge is 2.16. The van der Waals surface area contributed by atoms with Gasteiger partial charge in [-0.15, -0.1) is 0 Å². The number of nitrogens with one attached hydrogen (secondary N) is 1. The predicted octanol–water partition coefficient (Wildman–Crippen LogP) is 4.06. The Kier molecular flexibility index (Phi) is 7.67. The van der Waals surface area contributed by atoms with Crippen LogP contribution in [0.15, 0.2) is 48.5 Å². The van der Waals surface area contributed by atoms with Gasteiger partial charge in [-0.25, -0.2) is 4.79 Å². The first-order valence-electron chi connectivity index (χ1n) is 8.92. The van der Waals surface area contributed by atoms with E-state index in [9.17, 15) is 9.59 Å². The van der Waals surface area contributed by atoms with Crippen molar-refractivity contribution in [2.75, 3.05) is 19.0 Å². The quantitative estimate of drug-likeness (QED) is 0.531. The molecule has 0 aromatic heterocycles. The Bertz CT molecular complexity index is 757. The molecule has 1 atom stereocenters. The van der Waals surface area contributed by atoms with E-state index < -0.39 is 12.1 Å². The SMILES string of the molecule is CCCCOC(=O)c1cccc(NC(=O)C(C)Oc2ccc(OC)cc2)c1. The van der Waals surface area contributed by atoms with Crippen molar-refractivity contribution in [3.8, 4) is 11.5 Å². The van der Waals surface area contributed by atoms with Gasteiger partial charge in [0.05, 0.1) is 19.3 Å². The molecule has 27 heavy (non-hydrogen) atoms. The zero-order valence-electron chi connectivity index (χ0n) is 15.9.